The minimum atomic E-state index is -0.408. The number of thioether (sulfide) groups is 1. The van der Waals surface area contributed by atoms with Crippen molar-refractivity contribution < 1.29 is 14.3 Å². The zero-order valence-corrected chi connectivity index (χ0v) is 13.5. The maximum atomic E-state index is 11.9. The summed E-state index contributed by atoms with van der Waals surface area (Å²) in [6.07, 6.45) is 1.38. The molecule has 2 aromatic heterocycles. The summed E-state index contributed by atoms with van der Waals surface area (Å²) in [5, 5.41) is 10.1. The summed E-state index contributed by atoms with van der Waals surface area (Å²) < 4.78 is 5.48. The lowest BCUT2D eigenvalue weighted by atomic mass is 10.2. The lowest BCUT2D eigenvalue weighted by molar-refractivity contribution is -0.113. The Hall–Kier alpha value is -2.46. The third-order valence-corrected chi connectivity index (χ3v) is 4.60. The van der Waals surface area contributed by atoms with Crippen molar-refractivity contribution in [3.63, 3.8) is 0 Å². The highest BCUT2D eigenvalue weighted by molar-refractivity contribution is 7.99. The zero-order chi connectivity index (χ0) is 16.2. The Bertz CT molecular complexity index is 847. The molecule has 0 spiro atoms. The van der Waals surface area contributed by atoms with Crippen LogP contribution in [0.15, 0.2) is 29.7 Å². The predicted octanol–water partition coefficient (Wildman–Crippen LogP) is 1.93. The van der Waals surface area contributed by atoms with E-state index in [0.717, 1.165) is 4.70 Å². The predicted molar refractivity (Wildman–Crippen MR) is 86.7 cm³/mol. The Morgan fingerprint density at radius 1 is 1.43 bits per heavy atom. The van der Waals surface area contributed by atoms with Crippen molar-refractivity contribution in [3.8, 4) is 0 Å². The number of H-pyrrole nitrogens is 1. The van der Waals surface area contributed by atoms with Gasteiger partial charge in [0.1, 0.15) is 6.33 Å². The number of rotatable bonds is 5. The van der Waals surface area contributed by atoms with E-state index in [2.05, 4.69) is 30.2 Å². The molecule has 0 fully saturated rings. The Kier molecular flexibility index (Phi) is 4.53. The third kappa shape index (κ3) is 3.66. The first-order valence-electron chi connectivity index (χ1n) is 6.42. The van der Waals surface area contributed by atoms with Crippen molar-refractivity contribution >= 4 is 50.3 Å². The largest absolute Gasteiger partial charge is 0.465 e. The number of aromatic amines is 1. The van der Waals surface area contributed by atoms with Gasteiger partial charge in [-0.25, -0.2) is 14.8 Å². The Morgan fingerprint density at radius 3 is 3.04 bits per heavy atom. The molecular weight excluding hydrogens is 338 g/mol. The molecule has 0 unspecified atom stereocenters. The number of anilines is 1. The molecule has 3 aromatic rings. The molecule has 10 heteroatoms. The van der Waals surface area contributed by atoms with E-state index in [1.54, 1.807) is 18.2 Å². The number of ether oxygens (including phenoxy) is 1. The number of benzene rings is 1. The zero-order valence-electron chi connectivity index (χ0n) is 11.9. The molecule has 0 atom stereocenters. The average Bonchev–Trinajstić information content (AvgIpc) is 3.20. The molecule has 23 heavy (non-hydrogen) atoms. The molecule has 3 rings (SSSR count). The van der Waals surface area contributed by atoms with Crippen LogP contribution in [0.25, 0.3) is 10.2 Å². The SMILES string of the molecule is COC(=O)c1ccc2nc(NC(=O)CSc3ncn[nH]3)sc2c1. The second kappa shape index (κ2) is 6.75. The van der Waals surface area contributed by atoms with Gasteiger partial charge < -0.3 is 10.1 Å². The van der Waals surface area contributed by atoms with Gasteiger partial charge in [0.15, 0.2) is 10.3 Å². The molecule has 0 saturated carbocycles. The van der Waals surface area contributed by atoms with E-state index >= 15 is 0 Å². The van der Waals surface area contributed by atoms with Crippen LogP contribution in [0.1, 0.15) is 10.4 Å². The van der Waals surface area contributed by atoms with E-state index in [0.29, 0.717) is 21.4 Å². The summed E-state index contributed by atoms with van der Waals surface area (Å²) in [5.74, 6) is -0.411. The van der Waals surface area contributed by atoms with Crippen molar-refractivity contribution in [3.05, 3.63) is 30.1 Å². The number of carbonyl (C=O) groups excluding carboxylic acids is 2. The second-order valence-electron chi connectivity index (χ2n) is 4.32. The molecular formula is C13H11N5O3S2. The number of nitrogens with one attached hydrogen (secondary N) is 2. The van der Waals surface area contributed by atoms with E-state index in [4.69, 9.17) is 0 Å². The fraction of sp³-hybridized carbons (Fsp3) is 0.154. The first-order chi connectivity index (χ1) is 11.2. The summed E-state index contributed by atoms with van der Waals surface area (Å²) in [5.41, 5.74) is 1.16. The summed E-state index contributed by atoms with van der Waals surface area (Å²) in [6.45, 7) is 0. The quantitative estimate of drug-likeness (QED) is 0.535. The number of aromatic nitrogens is 4. The van der Waals surface area contributed by atoms with Crippen molar-refractivity contribution in [1.82, 2.24) is 20.2 Å². The topological polar surface area (TPSA) is 110 Å². The monoisotopic (exact) mass is 349 g/mol. The van der Waals surface area contributed by atoms with E-state index in [9.17, 15) is 9.59 Å². The summed E-state index contributed by atoms with van der Waals surface area (Å²) >= 11 is 2.54. The average molecular weight is 349 g/mol. The Balaban J connectivity index is 1.68. The molecule has 0 aliphatic rings. The minimum absolute atomic E-state index is 0.193. The maximum Gasteiger partial charge on any atom is 0.337 e. The van der Waals surface area contributed by atoms with Crippen LogP contribution in [0.4, 0.5) is 5.13 Å². The van der Waals surface area contributed by atoms with Crippen LogP contribution in [0.3, 0.4) is 0 Å². The highest BCUT2D eigenvalue weighted by Gasteiger charge is 2.12. The Morgan fingerprint density at radius 2 is 2.30 bits per heavy atom. The lowest BCUT2D eigenvalue weighted by Crippen LogP contribution is -2.13. The number of methoxy groups -OCH3 is 1. The Labute approximate surface area is 138 Å². The van der Waals surface area contributed by atoms with Crippen LogP contribution < -0.4 is 5.32 Å². The molecule has 0 bridgehead atoms. The molecule has 2 N–H and O–H groups in total. The van der Waals surface area contributed by atoms with Gasteiger partial charge >= 0.3 is 5.97 Å². The molecule has 0 radical (unpaired) electrons. The van der Waals surface area contributed by atoms with Crippen molar-refractivity contribution in [2.45, 2.75) is 5.16 Å². The van der Waals surface area contributed by atoms with E-state index in [1.807, 2.05) is 0 Å². The number of carbonyl (C=O) groups is 2. The third-order valence-electron chi connectivity index (χ3n) is 2.79. The first kappa shape index (κ1) is 15.4. The number of thiazole rings is 1. The van der Waals surface area contributed by atoms with Crippen LogP contribution in [-0.4, -0.2) is 44.9 Å². The highest BCUT2D eigenvalue weighted by Crippen LogP contribution is 2.27. The summed E-state index contributed by atoms with van der Waals surface area (Å²) in [6, 6.07) is 5.05. The number of esters is 1. The summed E-state index contributed by atoms with van der Waals surface area (Å²) in [4.78, 5) is 31.7. The number of hydrogen-bond acceptors (Lipinski definition) is 8. The van der Waals surface area contributed by atoms with Gasteiger partial charge in [-0.2, -0.15) is 5.10 Å². The number of hydrogen-bond donors (Lipinski definition) is 2. The van der Waals surface area contributed by atoms with E-state index in [1.165, 1.54) is 36.5 Å². The fourth-order valence-corrected chi connectivity index (χ4v) is 3.28. The highest BCUT2D eigenvalue weighted by atomic mass is 32.2. The van der Waals surface area contributed by atoms with Gasteiger partial charge in [0.25, 0.3) is 0 Å². The van der Waals surface area contributed by atoms with Crippen LogP contribution in [0.2, 0.25) is 0 Å². The normalized spacial score (nSPS) is 10.7. The van der Waals surface area contributed by atoms with Gasteiger partial charge in [-0.1, -0.05) is 23.1 Å². The molecule has 1 aromatic carbocycles. The van der Waals surface area contributed by atoms with Gasteiger partial charge in [0.2, 0.25) is 5.91 Å². The molecule has 8 nitrogen and oxygen atoms in total. The lowest BCUT2D eigenvalue weighted by Gasteiger charge is -1.98. The second-order valence-corrected chi connectivity index (χ2v) is 6.32. The van der Waals surface area contributed by atoms with Gasteiger partial charge in [-0.05, 0) is 18.2 Å². The van der Waals surface area contributed by atoms with Crippen LogP contribution in [0, 0.1) is 0 Å². The molecule has 0 aliphatic heterocycles. The van der Waals surface area contributed by atoms with Crippen LogP contribution >= 0.6 is 23.1 Å². The van der Waals surface area contributed by atoms with E-state index in [-0.39, 0.29) is 11.7 Å². The first-order valence-corrected chi connectivity index (χ1v) is 8.23. The minimum Gasteiger partial charge on any atom is -0.465 e. The smallest absolute Gasteiger partial charge is 0.337 e. The van der Waals surface area contributed by atoms with Gasteiger partial charge in [-0.15, -0.1) is 0 Å². The summed E-state index contributed by atoms with van der Waals surface area (Å²) in [7, 11) is 1.33. The molecule has 0 aliphatic carbocycles. The molecule has 0 saturated heterocycles. The van der Waals surface area contributed by atoms with Crippen molar-refractivity contribution in [2.75, 3.05) is 18.2 Å². The van der Waals surface area contributed by atoms with Gasteiger partial charge in [-0.3, -0.25) is 9.89 Å². The van der Waals surface area contributed by atoms with Gasteiger partial charge in [0.05, 0.1) is 28.6 Å². The van der Waals surface area contributed by atoms with Crippen molar-refractivity contribution in [1.29, 1.82) is 0 Å². The maximum absolute atomic E-state index is 11.9. The van der Waals surface area contributed by atoms with Gasteiger partial charge in [0, 0.05) is 0 Å². The fourth-order valence-electron chi connectivity index (χ4n) is 1.78. The number of nitrogens with zero attached hydrogens (tertiary/aromatic N) is 3. The van der Waals surface area contributed by atoms with Crippen molar-refractivity contribution in [2.24, 2.45) is 0 Å². The standard InChI is InChI=1S/C13H11N5O3S2/c1-21-11(20)7-2-3-8-9(4-7)23-13(16-8)17-10(19)5-22-12-14-6-15-18-12/h2-4,6H,5H2,1H3,(H,14,15,18)(H,16,17,19). The van der Waals surface area contributed by atoms with E-state index < -0.39 is 5.97 Å². The molecule has 1 amide bonds. The molecule has 2 heterocycles. The number of amides is 1. The molecule has 118 valence electrons. The van der Waals surface area contributed by atoms with Crippen LogP contribution in [0.5, 0.6) is 0 Å². The van der Waals surface area contributed by atoms with Crippen LogP contribution in [-0.2, 0) is 9.53 Å². The number of fused-ring (bicyclic) bond motifs is 1.